The number of nitrogens with zero attached hydrogens (tertiary/aromatic N) is 3. The van der Waals surface area contributed by atoms with E-state index in [0.717, 1.165) is 22.2 Å². The van der Waals surface area contributed by atoms with Gasteiger partial charge in [0.25, 0.3) is 0 Å². The van der Waals surface area contributed by atoms with Crippen molar-refractivity contribution in [2.24, 2.45) is 0 Å². The van der Waals surface area contributed by atoms with Crippen molar-refractivity contribution >= 4 is 10.9 Å². The molecule has 92 valence electrons. The molecule has 0 unspecified atom stereocenters. The summed E-state index contributed by atoms with van der Waals surface area (Å²) in [5.41, 5.74) is 3.21. The molecule has 0 fully saturated rings. The Kier molecular flexibility index (Phi) is 2.75. The van der Waals surface area contributed by atoms with Crippen LogP contribution >= 0.6 is 0 Å². The molecule has 1 aromatic heterocycles. The van der Waals surface area contributed by atoms with E-state index in [2.05, 4.69) is 11.2 Å². The fourth-order valence-electron chi connectivity index (χ4n) is 2.06. The molecule has 0 radical (unpaired) electrons. The lowest BCUT2D eigenvalue weighted by molar-refractivity contribution is 0.283. The Balaban J connectivity index is 2.12. The molecule has 0 saturated heterocycles. The zero-order chi connectivity index (χ0) is 13.2. The molecule has 0 aliphatic heterocycles. The number of aromatic nitrogens is 2. The Morgan fingerprint density at radius 1 is 1.16 bits per heavy atom. The Bertz CT molecular complexity index is 766. The Morgan fingerprint density at radius 3 is 2.63 bits per heavy atom. The van der Waals surface area contributed by atoms with E-state index in [0.29, 0.717) is 5.56 Å². The first-order chi connectivity index (χ1) is 9.31. The molecule has 0 saturated carbocycles. The molecule has 1 N–H and O–H groups in total. The van der Waals surface area contributed by atoms with E-state index in [9.17, 15) is 5.11 Å². The average Bonchev–Trinajstić information content (AvgIpc) is 2.91. The zero-order valence-electron chi connectivity index (χ0n) is 10.1. The summed E-state index contributed by atoms with van der Waals surface area (Å²) in [4.78, 5) is 0. The number of hydrogen-bond acceptors (Lipinski definition) is 3. The molecule has 4 nitrogen and oxygen atoms in total. The molecule has 3 aromatic rings. The second-order valence-corrected chi connectivity index (χ2v) is 4.24. The first-order valence-electron chi connectivity index (χ1n) is 5.90. The van der Waals surface area contributed by atoms with Gasteiger partial charge in [-0.2, -0.15) is 10.4 Å². The van der Waals surface area contributed by atoms with Gasteiger partial charge < -0.3 is 5.11 Å². The third-order valence-corrected chi connectivity index (χ3v) is 3.07. The molecule has 1 heterocycles. The van der Waals surface area contributed by atoms with E-state index in [1.54, 1.807) is 16.8 Å². The summed E-state index contributed by atoms with van der Waals surface area (Å²) in [6.45, 7) is -0.00357. The van der Waals surface area contributed by atoms with Crippen LogP contribution in [0, 0.1) is 11.3 Å². The maximum absolute atomic E-state index is 9.31. The maximum atomic E-state index is 9.31. The normalized spacial score (nSPS) is 10.5. The standard InChI is InChI=1S/C15H11N3O/c16-8-11-4-6-13(7-5-11)18-9-14-12(10-19)2-1-3-15(14)17-18/h1-7,9,19H,10H2. The second-order valence-electron chi connectivity index (χ2n) is 4.24. The Hall–Kier alpha value is -2.64. The molecule has 3 rings (SSSR count). The van der Waals surface area contributed by atoms with E-state index in [1.807, 2.05) is 36.5 Å². The van der Waals surface area contributed by atoms with Crippen LogP contribution in [-0.4, -0.2) is 14.9 Å². The summed E-state index contributed by atoms with van der Waals surface area (Å²) in [7, 11) is 0. The summed E-state index contributed by atoms with van der Waals surface area (Å²) in [5.74, 6) is 0. The molecule has 2 aromatic carbocycles. The van der Waals surface area contributed by atoms with Crippen LogP contribution in [0.15, 0.2) is 48.7 Å². The quantitative estimate of drug-likeness (QED) is 0.758. The zero-order valence-corrected chi connectivity index (χ0v) is 10.1. The first kappa shape index (κ1) is 11.5. The third-order valence-electron chi connectivity index (χ3n) is 3.07. The average molecular weight is 249 g/mol. The van der Waals surface area contributed by atoms with E-state index in [-0.39, 0.29) is 6.61 Å². The molecular weight excluding hydrogens is 238 g/mol. The van der Waals surface area contributed by atoms with Crippen molar-refractivity contribution < 1.29 is 5.11 Å². The van der Waals surface area contributed by atoms with E-state index < -0.39 is 0 Å². The van der Waals surface area contributed by atoms with Crippen LogP contribution in [0.5, 0.6) is 0 Å². The minimum absolute atomic E-state index is 0.00357. The van der Waals surface area contributed by atoms with Crippen molar-refractivity contribution in [1.29, 1.82) is 5.26 Å². The van der Waals surface area contributed by atoms with Gasteiger partial charge in [-0.25, -0.2) is 4.68 Å². The monoisotopic (exact) mass is 249 g/mol. The predicted molar refractivity (Wildman–Crippen MR) is 71.7 cm³/mol. The van der Waals surface area contributed by atoms with E-state index >= 15 is 0 Å². The highest BCUT2D eigenvalue weighted by atomic mass is 16.3. The number of benzene rings is 2. The van der Waals surface area contributed by atoms with Crippen LogP contribution in [0.3, 0.4) is 0 Å². The van der Waals surface area contributed by atoms with Gasteiger partial charge in [-0.15, -0.1) is 0 Å². The van der Waals surface area contributed by atoms with Crippen LogP contribution < -0.4 is 0 Å². The molecule has 4 heteroatoms. The molecule has 0 amide bonds. The van der Waals surface area contributed by atoms with Crippen LogP contribution in [0.1, 0.15) is 11.1 Å². The fourth-order valence-corrected chi connectivity index (χ4v) is 2.06. The predicted octanol–water partition coefficient (Wildman–Crippen LogP) is 2.39. The highest BCUT2D eigenvalue weighted by molar-refractivity contribution is 5.82. The van der Waals surface area contributed by atoms with Gasteiger partial charge in [0.15, 0.2) is 0 Å². The van der Waals surface area contributed by atoms with Crippen molar-refractivity contribution in [3.8, 4) is 11.8 Å². The van der Waals surface area contributed by atoms with Gasteiger partial charge in [0.05, 0.1) is 29.4 Å². The summed E-state index contributed by atoms with van der Waals surface area (Å²) in [6, 6.07) is 15.0. The van der Waals surface area contributed by atoms with Crippen molar-refractivity contribution in [1.82, 2.24) is 9.78 Å². The van der Waals surface area contributed by atoms with Crippen LogP contribution in [-0.2, 0) is 6.61 Å². The molecule has 0 aliphatic rings. The van der Waals surface area contributed by atoms with Gasteiger partial charge in [-0.05, 0) is 35.9 Å². The van der Waals surface area contributed by atoms with Crippen molar-refractivity contribution in [2.75, 3.05) is 0 Å². The topological polar surface area (TPSA) is 61.8 Å². The minimum atomic E-state index is -0.00357. The smallest absolute Gasteiger partial charge is 0.0991 e. The van der Waals surface area contributed by atoms with Gasteiger partial charge in [0, 0.05) is 11.6 Å². The highest BCUT2D eigenvalue weighted by Crippen LogP contribution is 2.20. The summed E-state index contributed by atoms with van der Waals surface area (Å²) in [5, 5.41) is 23.5. The lowest BCUT2D eigenvalue weighted by Crippen LogP contribution is -1.93. The minimum Gasteiger partial charge on any atom is -0.392 e. The third kappa shape index (κ3) is 1.96. The summed E-state index contributed by atoms with van der Waals surface area (Å²) >= 11 is 0. The number of aliphatic hydroxyl groups excluding tert-OH is 1. The van der Waals surface area contributed by atoms with Crippen molar-refractivity contribution in [3.63, 3.8) is 0 Å². The summed E-state index contributed by atoms with van der Waals surface area (Å²) in [6.07, 6.45) is 1.89. The number of fused-ring (bicyclic) bond motifs is 1. The molecule has 0 atom stereocenters. The van der Waals surface area contributed by atoms with E-state index in [4.69, 9.17) is 5.26 Å². The summed E-state index contributed by atoms with van der Waals surface area (Å²) < 4.78 is 1.75. The van der Waals surface area contributed by atoms with Gasteiger partial charge in [0.1, 0.15) is 0 Å². The molecule has 0 spiro atoms. The fraction of sp³-hybridized carbons (Fsp3) is 0.0667. The largest absolute Gasteiger partial charge is 0.392 e. The van der Waals surface area contributed by atoms with Crippen LogP contribution in [0.4, 0.5) is 0 Å². The van der Waals surface area contributed by atoms with Gasteiger partial charge in [0.2, 0.25) is 0 Å². The Labute approximate surface area is 110 Å². The highest BCUT2D eigenvalue weighted by Gasteiger charge is 2.06. The van der Waals surface area contributed by atoms with Crippen LogP contribution in [0.25, 0.3) is 16.6 Å². The number of hydrogen-bond donors (Lipinski definition) is 1. The number of nitriles is 1. The van der Waals surface area contributed by atoms with Crippen molar-refractivity contribution in [3.05, 3.63) is 59.8 Å². The number of rotatable bonds is 2. The van der Waals surface area contributed by atoms with Gasteiger partial charge in [-0.1, -0.05) is 12.1 Å². The molecular formula is C15H11N3O. The van der Waals surface area contributed by atoms with Crippen molar-refractivity contribution in [2.45, 2.75) is 6.61 Å². The lowest BCUT2D eigenvalue weighted by Gasteiger charge is -1.99. The molecule has 0 bridgehead atoms. The first-order valence-corrected chi connectivity index (χ1v) is 5.90. The molecule has 19 heavy (non-hydrogen) atoms. The molecule has 0 aliphatic carbocycles. The van der Waals surface area contributed by atoms with Gasteiger partial charge in [-0.3, -0.25) is 0 Å². The SMILES string of the molecule is N#Cc1ccc(-n2cc3c(CO)cccc3n2)cc1. The van der Waals surface area contributed by atoms with Gasteiger partial charge >= 0.3 is 0 Å². The second kappa shape index (κ2) is 4.56. The lowest BCUT2D eigenvalue weighted by atomic mass is 10.1. The van der Waals surface area contributed by atoms with Crippen LogP contribution in [0.2, 0.25) is 0 Å². The van der Waals surface area contributed by atoms with E-state index in [1.165, 1.54) is 0 Å². The maximum Gasteiger partial charge on any atom is 0.0991 e. The Morgan fingerprint density at radius 2 is 1.95 bits per heavy atom. The number of aliphatic hydroxyl groups is 1.